The Hall–Kier alpha value is -0.630. The fourth-order valence-electron chi connectivity index (χ4n) is 1.59. The van der Waals surface area contributed by atoms with Gasteiger partial charge in [0, 0.05) is 13.2 Å². The van der Waals surface area contributed by atoms with E-state index < -0.39 is 0 Å². The Morgan fingerprint density at radius 3 is 2.42 bits per heavy atom. The third-order valence-corrected chi connectivity index (χ3v) is 2.30. The molecular formula is C10H16O2. The molecule has 2 heteroatoms. The standard InChI is InChI=1S/C10H16O2/c1-8(7-9(2)11)10-3-5-12-6-4-10/h7,10H,3-6H2,1-2H3/b8-7+. The summed E-state index contributed by atoms with van der Waals surface area (Å²) in [6.07, 6.45) is 3.88. The monoisotopic (exact) mass is 168 g/mol. The number of rotatable bonds is 2. The first-order valence-electron chi connectivity index (χ1n) is 4.46. The zero-order chi connectivity index (χ0) is 8.97. The molecule has 1 saturated heterocycles. The number of hydrogen-bond acceptors (Lipinski definition) is 2. The van der Waals surface area contributed by atoms with Crippen LogP contribution < -0.4 is 0 Å². The van der Waals surface area contributed by atoms with Gasteiger partial charge in [-0.1, -0.05) is 5.57 Å². The van der Waals surface area contributed by atoms with Crippen LogP contribution in [0, 0.1) is 5.92 Å². The molecule has 0 N–H and O–H groups in total. The van der Waals surface area contributed by atoms with Gasteiger partial charge in [-0.25, -0.2) is 0 Å². The lowest BCUT2D eigenvalue weighted by molar-refractivity contribution is -0.112. The molecule has 68 valence electrons. The average Bonchev–Trinajstić information content (AvgIpc) is 2.05. The van der Waals surface area contributed by atoms with Crippen molar-refractivity contribution in [1.82, 2.24) is 0 Å². The van der Waals surface area contributed by atoms with Crippen LogP contribution in [0.5, 0.6) is 0 Å². The SMILES string of the molecule is CC(=O)/C=C(\C)C1CCOCC1. The van der Waals surface area contributed by atoms with E-state index in [0.29, 0.717) is 5.92 Å². The fraction of sp³-hybridized carbons (Fsp3) is 0.700. The molecule has 1 rings (SSSR count). The van der Waals surface area contributed by atoms with Gasteiger partial charge in [0.15, 0.2) is 5.78 Å². The first kappa shape index (κ1) is 9.46. The molecule has 0 bridgehead atoms. The second kappa shape index (κ2) is 4.41. The Labute approximate surface area is 73.6 Å². The van der Waals surface area contributed by atoms with Crippen LogP contribution in [0.1, 0.15) is 26.7 Å². The van der Waals surface area contributed by atoms with E-state index in [1.165, 1.54) is 5.57 Å². The minimum Gasteiger partial charge on any atom is -0.381 e. The predicted molar refractivity (Wildman–Crippen MR) is 48.0 cm³/mol. The second-order valence-electron chi connectivity index (χ2n) is 3.39. The van der Waals surface area contributed by atoms with Crippen molar-refractivity contribution in [2.24, 2.45) is 5.92 Å². The van der Waals surface area contributed by atoms with Crippen molar-refractivity contribution in [2.45, 2.75) is 26.7 Å². The Morgan fingerprint density at radius 2 is 1.92 bits per heavy atom. The summed E-state index contributed by atoms with van der Waals surface area (Å²) in [5.74, 6) is 0.724. The van der Waals surface area contributed by atoms with Gasteiger partial charge in [0.25, 0.3) is 0 Å². The Bertz CT molecular complexity index is 188. The summed E-state index contributed by atoms with van der Waals surface area (Å²) in [6, 6.07) is 0. The first-order chi connectivity index (χ1) is 5.70. The van der Waals surface area contributed by atoms with E-state index in [1.807, 2.05) is 6.92 Å². The number of ether oxygens (including phenoxy) is 1. The van der Waals surface area contributed by atoms with Gasteiger partial charge < -0.3 is 4.74 Å². The van der Waals surface area contributed by atoms with Crippen molar-refractivity contribution in [3.8, 4) is 0 Å². The van der Waals surface area contributed by atoms with Gasteiger partial charge in [-0.3, -0.25) is 4.79 Å². The maximum atomic E-state index is 10.8. The summed E-state index contributed by atoms with van der Waals surface area (Å²) in [5, 5.41) is 0. The summed E-state index contributed by atoms with van der Waals surface area (Å²) in [7, 11) is 0. The highest BCUT2D eigenvalue weighted by atomic mass is 16.5. The van der Waals surface area contributed by atoms with E-state index >= 15 is 0 Å². The van der Waals surface area contributed by atoms with E-state index in [0.717, 1.165) is 26.1 Å². The van der Waals surface area contributed by atoms with Gasteiger partial charge in [-0.2, -0.15) is 0 Å². The molecule has 1 heterocycles. The predicted octanol–water partition coefficient (Wildman–Crippen LogP) is 1.95. The van der Waals surface area contributed by atoms with Crippen molar-refractivity contribution in [1.29, 1.82) is 0 Å². The lowest BCUT2D eigenvalue weighted by Gasteiger charge is -2.22. The zero-order valence-corrected chi connectivity index (χ0v) is 7.80. The van der Waals surface area contributed by atoms with Crippen molar-refractivity contribution < 1.29 is 9.53 Å². The van der Waals surface area contributed by atoms with Gasteiger partial charge >= 0.3 is 0 Å². The summed E-state index contributed by atoms with van der Waals surface area (Å²) >= 11 is 0. The molecule has 0 aromatic heterocycles. The van der Waals surface area contributed by atoms with Gasteiger partial charge in [0.2, 0.25) is 0 Å². The Morgan fingerprint density at radius 1 is 1.33 bits per heavy atom. The molecule has 1 aliphatic heterocycles. The van der Waals surface area contributed by atoms with Crippen LogP contribution in [0.25, 0.3) is 0 Å². The number of ketones is 1. The first-order valence-corrected chi connectivity index (χ1v) is 4.46. The van der Waals surface area contributed by atoms with Gasteiger partial charge in [0.1, 0.15) is 0 Å². The van der Waals surface area contributed by atoms with Crippen molar-refractivity contribution >= 4 is 5.78 Å². The molecule has 0 amide bonds. The Balaban J connectivity index is 2.49. The van der Waals surface area contributed by atoms with Crippen LogP contribution in [0.2, 0.25) is 0 Å². The maximum Gasteiger partial charge on any atom is 0.152 e. The zero-order valence-electron chi connectivity index (χ0n) is 7.80. The van der Waals surface area contributed by atoms with E-state index in [9.17, 15) is 4.79 Å². The van der Waals surface area contributed by atoms with Crippen LogP contribution in [-0.4, -0.2) is 19.0 Å². The average molecular weight is 168 g/mol. The molecule has 0 aliphatic carbocycles. The Kier molecular flexibility index (Phi) is 3.48. The molecule has 0 spiro atoms. The summed E-state index contributed by atoms with van der Waals surface area (Å²) in [4.78, 5) is 10.8. The summed E-state index contributed by atoms with van der Waals surface area (Å²) in [5.41, 5.74) is 1.21. The third kappa shape index (κ3) is 2.78. The largest absolute Gasteiger partial charge is 0.381 e. The highest BCUT2D eigenvalue weighted by Crippen LogP contribution is 2.22. The lowest BCUT2D eigenvalue weighted by atomic mass is 9.92. The van der Waals surface area contributed by atoms with Crippen molar-refractivity contribution in [2.75, 3.05) is 13.2 Å². The molecule has 0 atom stereocenters. The third-order valence-electron chi connectivity index (χ3n) is 2.30. The number of hydrogen-bond donors (Lipinski definition) is 0. The number of carbonyl (C=O) groups excluding carboxylic acids is 1. The lowest BCUT2D eigenvalue weighted by Crippen LogP contribution is -2.16. The van der Waals surface area contributed by atoms with Crippen LogP contribution in [-0.2, 0) is 9.53 Å². The van der Waals surface area contributed by atoms with Crippen molar-refractivity contribution in [3.05, 3.63) is 11.6 Å². The minimum absolute atomic E-state index is 0.152. The van der Waals surface area contributed by atoms with Gasteiger partial charge in [-0.05, 0) is 38.7 Å². The summed E-state index contributed by atoms with van der Waals surface area (Å²) < 4.78 is 5.24. The smallest absolute Gasteiger partial charge is 0.152 e. The van der Waals surface area contributed by atoms with E-state index in [-0.39, 0.29) is 5.78 Å². The molecule has 2 nitrogen and oxygen atoms in total. The van der Waals surface area contributed by atoms with E-state index in [1.54, 1.807) is 13.0 Å². The van der Waals surface area contributed by atoms with Crippen LogP contribution in [0.15, 0.2) is 11.6 Å². The molecule has 12 heavy (non-hydrogen) atoms. The second-order valence-corrected chi connectivity index (χ2v) is 3.39. The number of carbonyl (C=O) groups is 1. The van der Waals surface area contributed by atoms with Gasteiger partial charge in [-0.15, -0.1) is 0 Å². The molecule has 0 saturated carbocycles. The van der Waals surface area contributed by atoms with Crippen LogP contribution >= 0.6 is 0 Å². The van der Waals surface area contributed by atoms with Crippen LogP contribution in [0.3, 0.4) is 0 Å². The quantitative estimate of drug-likeness (QED) is 0.589. The highest BCUT2D eigenvalue weighted by molar-refractivity contribution is 5.87. The molecule has 1 aliphatic rings. The fourth-order valence-corrected chi connectivity index (χ4v) is 1.59. The molecule has 0 unspecified atom stereocenters. The maximum absolute atomic E-state index is 10.8. The normalized spacial score (nSPS) is 21.0. The van der Waals surface area contributed by atoms with Crippen molar-refractivity contribution in [3.63, 3.8) is 0 Å². The van der Waals surface area contributed by atoms with Crippen LogP contribution in [0.4, 0.5) is 0 Å². The highest BCUT2D eigenvalue weighted by Gasteiger charge is 2.15. The molecule has 1 fully saturated rings. The van der Waals surface area contributed by atoms with E-state index in [2.05, 4.69) is 0 Å². The topological polar surface area (TPSA) is 26.3 Å². The number of allylic oxidation sites excluding steroid dienone is 2. The molecule has 0 aromatic carbocycles. The molecular weight excluding hydrogens is 152 g/mol. The van der Waals surface area contributed by atoms with Gasteiger partial charge in [0.05, 0.1) is 0 Å². The van der Waals surface area contributed by atoms with E-state index in [4.69, 9.17) is 4.74 Å². The molecule has 0 radical (unpaired) electrons. The molecule has 0 aromatic rings. The summed E-state index contributed by atoms with van der Waals surface area (Å²) in [6.45, 7) is 5.32. The minimum atomic E-state index is 0.152.